The van der Waals surface area contributed by atoms with E-state index in [-0.39, 0.29) is 93.3 Å². The van der Waals surface area contributed by atoms with Crippen LogP contribution in [-0.4, -0.2) is 53.7 Å². The quantitative estimate of drug-likeness (QED) is 0.193. The van der Waals surface area contributed by atoms with Crippen molar-refractivity contribution in [2.75, 3.05) is 0 Å². The van der Waals surface area contributed by atoms with Gasteiger partial charge in [0, 0.05) is 0 Å². The maximum absolute atomic E-state index is 10.3. The first kappa shape index (κ1) is 33.9. The van der Waals surface area contributed by atoms with Crippen molar-refractivity contribution in [2.24, 2.45) is 0 Å². The Balaban J connectivity index is -0.0000000933. The molecule has 0 aliphatic carbocycles. The van der Waals surface area contributed by atoms with E-state index in [1.165, 1.54) is 0 Å². The molecule has 11 nitrogen and oxygen atoms in total. The maximum atomic E-state index is 10.3. The van der Waals surface area contributed by atoms with Crippen LogP contribution in [0, 0.1) is 0 Å². The number of carboxylic acid groups (broad SMARTS) is 3. The Morgan fingerprint density at radius 3 is 1.29 bits per heavy atom. The molecule has 0 heterocycles. The van der Waals surface area contributed by atoms with Gasteiger partial charge in [-0.3, -0.25) is 14.2 Å². The van der Waals surface area contributed by atoms with Gasteiger partial charge in [0.05, 0.1) is 12.8 Å². The second-order valence-corrected chi connectivity index (χ2v) is 3.95. The SMILES string of the molecule is O=C(O)CC(O)(CC(=O)O)C(=O)O.O=P([O-])(O)O.[Cl-].[K+].[Na+]. The summed E-state index contributed by atoms with van der Waals surface area (Å²) in [5.41, 5.74) is -2.74. The van der Waals surface area contributed by atoms with E-state index >= 15 is 0 Å². The molecule has 0 amide bonds. The summed E-state index contributed by atoms with van der Waals surface area (Å²) in [6, 6.07) is 0. The first-order valence-corrected chi connectivity index (χ1v) is 5.47. The van der Waals surface area contributed by atoms with Crippen molar-refractivity contribution in [1.82, 2.24) is 0 Å². The number of aliphatic hydroxyl groups is 1. The summed E-state index contributed by atoms with van der Waals surface area (Å²) in [6.45, 7) is 0. The van der Waals surface area contributed by atoms with Gasteiger partial charge in [-0.1, -0.05) is 0 Å². The first-order chi connectivity index (χ1) is 7.78. The summed E-state index contributed by atoms with van der Waals surface area (Å²) < 4.78 is 8.77. The number of phosphoric acid groups is 1. The van der Waals surface area contributed by atoms with Crippen LogP contribution in [0.3, 0.4) is 0 Å². The van der Waals surface area contributed by atoms with Crippen molar-refractivity contribution >= 4 is 25.7 Å². The molecule has 21 heavy (non-hydrogen) atoms. The minimum absolute atomic E-state index is 0. The number of halogens is 1. The molecule has 0 unspecified atom stereocenters. The molecule has 0 bridgehead atoms. The van der Waals surface area contributed by atoms with Crippen molar-refractivity contribution in [3.63, 3.8) is 0 Å². The second-order valence-electron chi connectivity index (χ2n) is 2.97. The largest absolute Gasteiger partial charge is 1.00 e. The van der Waals surface area contributed by atoms with Gasteiger partial charge in [-0.2, -0.15) is 0 Å². The molecule has 0 aromatic heterocycles. The first-order valence-electron chi connectivity index (χ1n) is 3.94. The Morgan fingerprint density at radius 2 is 1.19 bits per heavy atom. The topological polar surface area (TPSA) is 213 Å². The van der Waals surface area contributed by atoms with Crippen molar-refractivity contribution in [1.29, 1.82) is 0 Å². The fourth-order valence-corrected chi connectivity index (χ4v) is 0.714. The maximum Gasteiger partial charge on any atom is 1.00 e. The zero-order valence-electron chi connectivity index (χ0n) is 11.0. The van der Waals surface area contributed by atoms with Crippen molar-refractivity contribution < 1.29 is 147 Å². The fraction of sp³-hybridized carbons (Fsp3) is 0.500. The van der Waals surface area contributed by atoms with Crippen molar-refractivity contribution in [3.8, 4) is 0 Å². The zero-order valence-corrected chi connectivity index (χ0v) is 17.7. The minimum atomic E-state index is -4.89. The predicted octanol–water partition coefficient (Wildman–Crippen LogP) is -11.8. The molecule has 0 aromatic rings. The third kappa shape index (κ3) is 26.6. The average molecular weight is 387 g/mol. The van der Waals surface area contributed by atoms with Crippen LogP contribution in [0.5, 0.6) is 0 Å². The Morgan fingerprint density at radius 1 is 1.00 bits per heavy atom. The normalized spacial score (nSPS) is 9.52. The summed E-state index contributed by atoms with van der Waals surface area (Å²) in [5, 5.41) is 33.8. The molecule has 0 radical (unpaired) electrons. The Kier molecular flexibility index (Phi) is 24.1. The van der Waals surface area contributed by atoms with E-state index in [4.69, 9.17) is 39.7 Å². The Labute approximate surface area is 189 Å². The fourth-order valence-electron chi connectivity index (χ4n) is 0.714. The van der Waals surface area contributed by atoms with Gasteiger partial charge in [-0.25, -0.2) is 4.79 Å². The number of aliphatic carboxylic acids is 3. The van der Waals surface area contributed by atoms with Crippen LogP contribution in [-0.2, 0) is 18.9 Å². The van der Waals surface area contributed by atoms with E-state index in [0.717, 1.165) is 0 Å². The summed E-state index contributed by atoms with van der Waals surface area (Å²) in [5.74, 6) is -5.02. The predicted molar refractivity (Wildman–Crippen MR) is 49.1 cm³/mol. The van der Waals surface area contributed by atoms with Crippen LogP contribution in [0.4, 0.5) is 0 Å². The number of rotatable bonds is 5. The molecule has 114 valence electrons. The summed E-state index contributed by atoms with van der Waals surface area (Å²) in [6.07, 6.45) is -2.29. The smallest absolute Gasteiger partial charge is 1.00 e. The van der Waals surface area contributed by atoms with E-state index < -0.39 is 44.2 Å². The number of carbonyl (C=O) groups is 3. The third-order valence-corrected chi connectivity index (χ3v) is 1.29. The molecule has 0 saturated heterocycles. The van der Waals surface area contributed by atoms with Crippen LogP contribution < -0.4 is 98.2 Å². The van der Waals surface area contributed by atoms with Crippen LogP contribution >= 0.6 is 7.82 Å². The molecule has 0 saturated carbocycles. The van der Waals surface area contributed by atoms with Gasteiger partial charge >= 0.3 is 98.8 Å². The molecule has 0 aliphatic heterocycles. The van der Waals surface area contributed by atoms with Crippen molar-refractivity contribution in [2.45, 2.75) is 18.4 Å². The van der Waals surface area contributed by atoms with Gasteiger partial charge in [0.1, 0.15) is 0 Å². The third-order valence-electron chi connectivity index (χ3n) is 1.29. The van der Waals surface area contributed by atoms with Crippen LogP contribution in [0.25, 0.3) is 0 Å². The molecule has 0 atom stereocenters. The van der Waals surface area contributed by atoms with Crippen LogP contribution in [0.2, 0.25) is 0 Å². The zero-order chi connectivity index (χ0) is 15.1. The molecule has 0 aliphatic rings. The van der Waals surface area contributed by atoms with Crippen molar-refractivity contribution in [3.05, 3.63) is 0 Å². The molecule has 0 spiro atoms. The van der Waals surface area contributed by atoms with E-state index in [0.29, 0.717) is 0 Å². The monoisotopic (exact) mass is 386 g/mol. The van der Waals surface area contributed by atoms with Gasteiger partial charge in [0.15, 0.2) is 5.60 Å². The standard InChI is InChI=1S/C6H8O7.ClH.K.Na.H3O4P/c7-3(8)1-6(13,5(11)12)2-4(9)10;;;;1-5(2,3)4/h13H,1-2H2,(H,7,8)(H,9,10)(H,11,12);1H;;;(H3,1,2,3,4)/q;;2*+1;/p-2. The number of hydrogen-bond donors (Lipinski definition) is 6. The Bertz CT molecular complexity index is 361. The molecular weight excluding hydrogens is 377 g/mol. The summed E-state index contributed by atoms with van der Waals surface area (Å²) in [4.78, 5) is 53.4. The van der Waals surface area contributed by atoms with Crippen LogP contribution in [0.1, 0.15) is 12.8 Å². The average Bonchev–Trinajstić information content (AvgIpc) is 1.95. The van der Waals surface area contributed by atoms with Gasteiger partial charge in [-0.05, 0) is 0 Å². The van der Waals surface area contributed by atoms with E-state index in [2.05, 4.69) is 0 Å². The molecule has 15 heteroatoms. The van der Waals surface area contributed by atoms with E-state index in [9.17, 15) is 14.4 Å². The van der Waals surface area contributed by atoms with E-state index in [1.54, 1.807) is 0 Å². The van der Waals surface area contributed by atoms with Gasteiger partial charge < -0.3 is 47.5 Å². The number of carboxylic acids is 3. The minimum Gasteiger partial charge on any atom is -1.00 e. The van der Waals surface area contributed by atoms with Crippen LogP contribution in [0.15, 0.2) is 0 Å². The molecule has 0 rings (SSSR count). The van der Waals surface area contributed by atoms with Gasteiger partial charge in [0.25, 0.3) is 7.82 Å². The molecule has 6 N–H and O–H groups in total. The Hall–Kier alpha value is 1.41. The molecular formula is C6H10ClKNaO11P. The van der Waals surface area contributed by atoms with E-state index in [1.807, 2.05) is 0 Å². The summed E-state index contributed by atoms with van der Waals surface area (Å²) >= 11 is 0. The molecule has 0 fully saturated rings. The number of hydrogen-bond acceptors (Lipinski definition) is 6. The van der Waals surface area contributed by atoms with Gasteiger partial charge in [-0.15, -0.1) is 0 Å². The second kappa shape index (κ2) is 15.0. The summed E-state index contributed by atoms with van der Waals surface area (Å²) in [7, 11) is -4.89. The molecule has 0 aromatic carbocycles. The van der Waals surface area contributed by atoms with Gasteiger partial charge in [0.2, 0.25) is 0 Å².